The minimum absolute atomic E-state index is 0.0800. The largest absolute Gasteiger partial charge is 0.483 e. The summed E-state index contributed by atoms with van der Waals surface area (Å²) in [7, 11) is -3.75. The van der Waals surface area contributed by atoms with E-state index in [9.17, 15) is 24.4 Å². The zero-order valence-electron chi connectivity index (χ0n) is 17.0. The Morgan fingerprint density at radius 1 is 1.16 bits per heavy atom. The quantitative estimate of drug-likeness (QED) is 0.283. The van der Waals surface area contributed by atoms with Gasteiger partial charge in [-0.1, -0.05) is 30.3 Å². The van der Waals surface area contributed by atoms with Crippen LogP contribution in [0, 0.1) is 10.1 Å². The van der Waals surface area contributed by atoms with E-state index >= 15 is 0 Å². The average molecular weight is 446 g/mol. The smallest absolute Gasteiger partial charge is 0.328 e. The number of pyridine rings is 1. The van der Waals surface area contributed by atoms with Crippen molar-refractivity contribution < 1.29 is 23.6 Å². The molecule has 3 rings (SSSR count). The Morgan fingerprint density at radius 2 is 1.90 bits per heavy atom. The molecule has 1 unspecified atom stereocenters. The first kappa shape index (κ1) is 22.7. The van der Waals surface area contributed by atoms with E-state index in [0.717, 1.165) is 5.56 Å². The lowest BCUT2D eigenvalue weighted by Crippen LogP contribution is -2.23. The van der Waals surface area contributed by atoms with E-state index in [4.69, 9.17) is 9.26 Å². The van der Waals surface area contributed by atoms with E-state index in [-0.39, 0.29) is 43.8 Å². The van der Waals surface area contributed by atoms with Crippen LogP contribution < -0.4 is 10.3 Å². The van der Waals surface area contributed by atoms with Crippen LogP contribution in [0.15, 0.2) is 59.4 Å². The Bertz CT molecular complexity index is 1180. The number of ether oxygens (including phenoxy) is 1. The number of hydrogen-bond acceptors (Lipinski definition) is 6. The van der Waals surface area contributed by atoms with Crippen molar-refractivity contribution in [3.8, 4) is 5.75 Å². The van der Waals surface area contributed by atoms with Crippen molar-refractivity contribution >= 4 is 24.2 Å². The molecule has 2 aromatic carbocycles. The molecule has 0 bridgehead atoms. The van der Waals surface area contributed by atoms with Crippen molar-refractivity contribution in [2.45, 2.75) is 26.5 Å². The minimum atomic E-state index is -3.75. The molecule has 1 heterocycles. The first-order chi connectivity index (χ1) is 14.8. The maximum atomic E-state index is 13.1. The van der Waals surface area contributed by atoms with Gasteiger partial charge in [-0.15, -0.1) is 0 Å². The van der Waals surface area contributed by atoms with Crippen LogP contribution in [0.2, 0.25) is 0 Å². The van der Waals surface area contributed by atoms with Crippen LogP contribution in [0.3, 0.4) is 0 Å². The highest BCUT2D eigenvalue weighted by Crippen LogP contribution is 2.42. The molecule has 0 saturated carbocycles. The van der Waals surface area contributed by atoms with Gasteiger partial charge in [-0.05, 0) is 31.0 Å². The van der Waals surface area contributed by atoms with Crippen LogP contribution in [0.5, 0.6) is 5.75 Å². The zero-order chi connectivity index (χ0) is 22.4. The molecule has 0 fully saturated rings. The first-order valence-corrected chi connectivity index (χ1v) is 11.5. The lowest BCUT2D eigenvalue weighted by atomic mass is 10.2. The molecule has 0 aliphatic heterocycles. The molecule has 0 spiro atoms. The lowest BCUT2D eigenvalue weighted by molar-refractivity contribution is -0.384. The van der Waals surface area contributed by atoms with Crippen LogP contribution in [-0.4, -0.2) is 27.2 Å². The highest BCUT2D eigenvalue weighted by atomic mass is 31.2. The van der Waals surface area contributed by atoms with E-state index in [1.54, 1.807) is 19.1 Å². The van der Waals surface area contributed by atoms with Crippen LogP contribution in [0.4, 0.5) is 5.69 Å². The number of nitrogens with zero attached hydrogens (tertiary/aromatic N) is 2. The van der Waals surface area contributed by atoms with Crippen LogP contribution >= 0.6 is 7.60 Å². The molecule has 164 valence electrons. The molecule has 9 nitrogen and oxygen atoms in total. The molecule has 0 amide bonds. The maximum absolute atomic E-state index is 13.1. The number of fused-ring (bicyclic) bond motifs is 1. The van der Waals surface area contributed by atoms with Gasteiger partial charge in [0.1, 0.15) is 6.61 Å². The predicted octanol–water partition coefficient (Wildman–Crippen LogP) is 4.10. The summed E-state index contributed by atoms with van der Waals surface area (Å²) in [4.78, 5) is 33.5. The summed E-state index contributed by atoms with van der Waals surface area (Å²) in [5.74, 6) is 0.0993. The topological polar surface area (TPSA) is 121 Å². The number of hydrogen-bond donors (Lipinski definition) is 1. The molecular weight excluding hydrogens is 423 g/mol. The maximum Gasteiger partial charge on any atom is 0.328 e. The van der Waals surface area contributed by atoms with Crippen LogP contribution in [-0.2, 0) is 22.2 Å². The molecule has 1 N–H and O–H groups in total. The molecule has 10 heteroatoms. The fraction of sp³-hybridized carbons (Fsp3) is 0.286. The number of aryl methyl sites for hydroxylation is 1. The molecule has 1 atom stereocenters. The molecule has 1 aromatic heterocycles. The van der Waals surface area contributed by atoms with E-state index in [2.05, 4.69) is 0 Å². The standard InChI is InChI=1S/C21H23N2O7P/c1-2-30-31(27,28)12-6-11-22-19-14-18(23(25)26)10-9-17(19)13-20(21(22)24)29-15-16-7-4-3-5-8-16/h3-5,7-10,13-14H,2,6,11-12,15H2,1H3,(H,27,28). The van der Waals surface area contributed by atoms with Crippen molar-refractivity contribution in [1.82, 2.24) is 4.57 Å². The summed E-state index contributed by atoms with van der Waals surface area (Å²) >= 11 is 0. The van der Waals surface area contributed by atoms with Crippen LogP contribution in [0.25, 0.3) is 10.9 Å². The van der Waals surface area contributed by atoms with Gasteiger partial charge < -0.3 is 18.7 Å². The molecule has 0 radical (unpaired) electrons. The van der Waals surface area contributed by atoms with Gasteiger partial charge in [0.15, 0.2) is 5.75 Å². The number of rotatable bonds is 10. The van der Waals surface area contributed by atoms with Crippen molar-refractivity contribution in [2.75, 3.05) is 12.8 Å². The number of aromatic nitrogens is 1. The van der Waals surface area contributed by atoms with Crippen molar-refractivity contribution in [1.29, 1.82) is 0 Å². The number of nitro benzene ring substituents is 1. The van der Waals surface area contributed by atoms with Gasteiger partial charge in [0.25, 0.3) is 11.2 Å². The van der Waals surface area contributed by atoms with Gasteiger partial charge in [0.05, 0.1) is 23.2 Å². The Labute approximate surface area is 178 Å². The van der Waals surface area contributed by atoms with E-state index in [0.29, 0.717) is 10.9 Å². The highest BCUT2D eigenvalue weighted by Gasteiger charge is 2.19. The SMILES string of the molecule is CCOP(=O)(O)CCCn1c(=O)c(OCc2ccccc2)cc2ccc([N+](=O)[O-])cc21. The van der Waals surface area contributed by atoms with Gasteiger partial charge >= 0.3 is 7.60 Å². The van der Waals surface area contributed by atoms with E-state index in [1.165, 1.54) is 16.7 Å². The lowest BCUT2D eigenvalue weighted by Gasteiger charge is -2.15. The molecule has 31 heavy (non-hydrogen) atoms. The summed E-state index contributed by atoms with van der Waals surface area (Å²) < 4.78 is 23.9. The number of nitro groups is 1. The van der Waals surface area contributed by atoms with Crippen LogP contribution in [0.1, 0.15) is 18.9 Å². The summed E-state index contributed by atoms with van der Waals surface area (Å²) in [5, 5.41) is 11.8. The first-order valence-electron chi connectivity index (χ1n) is 9.76. The third-order valence-corrected chi connectivity index (χ3v) is 6.19. The third kappa shape index (κ3) is 5.79. The average Bonchev–Trinajstić information content (AvgIpc) is 2.74. The van der Waals surface area contributed by atoms with E-state index in [1.807, 2.05) is 30.3 Å². The highest BCUT2D eigenvalue weighted by molar-refractivity contribution is 7.52. The number of benzene rings is 2. The fourth-order valence-electron chi connectivity index (χ4n) is 3.20. The molecule has 0 aliphatic rings. The fourth-order valence-corrected chi connectivity index (χ4v) is 4.28. The van der Waals surface area contributed by atoms with E-state index < -0.39 is 18.1 Å². The summed E-state index contributed by atoms with van der Waals surface area (Å²) in [6.45, 7) is 1.99. The Balaban J connectivity index is 1.95. The monoisotopic (exact) mass is 446 g/mol. The van der Waals surface area contributed by atoms with Crippen molar-refractivity contribution in [3.63, 3.8) is 0 Å². The van der Waals surface area contributed by atoms with Gasteiger partial charge in [-0.3, -0.25) is 19.5 Å². The summed E-state index contributed by atoms with van der Waals surface area (Å²) in [5.41, 5.74) is 0.625. The minimum Gasteiger partial charge on any atom is -0.483 e. The zero-order valence-corrected chi connectivity index (χ0v) is 17.9. The summed E-state index contributed by atoms with van der Waals surface area (Å²) in [6, 6.07) is 15.1. The molecule has 0 saturated heterocycles. The second-order valence-electron chi connectivity index (χ2n) is 6.87. The second-order valence-corrected chi connectivity index (χ2v) is 8.85. The third-order valence-electron chi connectivity index (χ3n) is 4.65. The normalized spacial score (nSPS) is 13.1. The Hall–Kier alpha value is -3.00. The van der Waals surface area contributed by atoms with Crippen molar-refractivity contribution in [2.24, 2.45) is 0 Å². The Morgan fingerprint density at radius 3 is 2.58 bits per heavy atom. The summed E-state index contributed by atoms with van der Waals surface area (Å²) in [6.07, 6.45) is 0.0341. The van der Waals surface area contributed by atoms with Gasteiger partial charge in [-0.2, -0.15) is 0 Å². The molecule has 0 aliphatic carbocycles. The Kier molecular flexibility index (Phi) is 7.22. The van der Waals surface area contributed by atoms with Gasteiger partial charge in [0.2, 0.25) is 0 Å². The van der Waals surface area contributed by atoms with Crippen molar-refractivity contribution in [3.05, 3.63) is 80.6 Å². The predicted molar refractivity (Wildman–Crippen MR) is 117 cm³/mol. The molecular formula is C21H23N2O7P. The second kappa shape index (κ2) is 9.87. The van der Waals surface area contributed by atoms with Gasteiger partial charge in [0, 0.05) is 24.1 Å². The van der Waals surface area contributed by atoms with Gasteiger partial charge in [-0.25, -0.2) is 0 Å². The molecule has 3 aromatic rings. The number of non-ortho nitro benzene ring substituents is 1.